The highest BCUT2D eigenvalue weighted by atomic mass is 35.5. The minimum absolute atomic E-state index is 0. The molecule has 1 fully saturated rings. The van der Waals surface area contributed by atoms with Gasteiger partial charge in [-0.05, 0) is 30.3 Å². The molecule has 3 aromatic rings. The SMILES string of the molecule is COc1cccc([NH+]2CCN(c3ccc([N+](=O)[O-])c(NCCSCc4ccc(C[NH+](C)C)o4)n3)CC2)c1.[Cl-].[Cl-]. The van der Waals surface area contributed by atoms with E-state index in [1.807, 2.05) is 24.3 Å². The largest absolute Gasteiger partial charge is 1.00 e. The van der Waals surface area contributed by atoms with Gasteiger partial charge in [-0.2, -0.15) is 11.8 Å². The van der Waals surface area contributed by atoms with Crippen molar-refractivity contribution >= 4 is 34.8 Å². The number of ether oxygens (including phenoxy) is 1. The van der Waals surface area contributed by atoms with Crippen LogP contribution in [0.15, 0.2) is 52.9 Å². The average molecular weight is 600 g/mol. The van der Waals surface area contributed by atoms with E-state index in [4.69, 9.17) is 9.15 Å². The van der Waals surface area contributed by atoms with E-state index in [0.717, 1.165) is 67.3 Å². The summed E-state index contributed by atoms with van der Waals surface area (Å²) in [5.41, 5.74) is 1.20. The molecule has 0 unspecified atom stereocenters. The number of nitrogens with zero attached hydrogens (tertiary/aromatic N) is 3. The first kappa shape index (κ1) is 32.5. The number of rotatable bonds is 12. The molecule has 4 rings (SSSR count). The lowest BCUT2D eigenvalue weighted by Gasteiger charge is -2.32. The lowest BCUT2D eigenvalue weighted by molar-refractivity contribution is -0.873. The maximum Gasteiger partial charge on any atom is 0.311 e. The molecule has 0 atom stereocenters. The third kappa shape index (κ3) is 9.18. The molecule has 3 N–H and O–H groups in total. The molecule has 214 valence electrons. The van der Waals surface area contributed by atoms with Crippen LogP contribution in [0.25, 0.3) is 0 Å². The first-order valence-corrected chi connectivity index (χ1v) is 13.7. The Morgan fingerprint density at radius 2 is 1.90 bits per heavy atom. The number of anilines is 2. The van der Waals surface area contributed by atoms with Crippen molar-refractivity contribution in [3.05, 3.63) is 70.2 Å². The van der Waals surface area contributed by atoms with E-state index in [-0.39, 0.29) is 35.4 Å². The minimum atomic E-state index is -0.381. The molecule has 10 nitrogen and oxygen atoms in total. The predicted octanol–water partition coefficient (Wildman–Crippen LogP) is -4.37. The molecular weight excluding hydrogens is 563 g/mol. The summed E-state index contributed by atoms with van der Waals surface area (Å²) < 4.78 is 11.2. The van der Waals surface area contributed by atoms with Crippen LogP contribution in [0.2, 0.25) is 0 Å². The second-order valence-corrected chi connectivity index (χ2v) is 10.5. The highest BCUT2D eigenvalue weighted by molar-refractivity contribution is 7.98. The van der Waals surface area contributed by atoms with Crippen molar-refractivity contribution in [2.75, 3.05) is 69.9 Å². The highest BCUT2D eigenvalue weighted by Crippen LogP contribution is 2.26. The van der Waals surface area contributed by atoms with Gasteiger partial charge >= 0.3 is 5.69 Å². The monoisotopic (exact) mass is 598 g/mol. The molecule has 0 aliphatic carbocycles. The van der Waals surface area contributed by atoms with Gasteiger partial charge in [0.25, 0.3) is 0 Å². The van der Waals surface area contributed by atoms with Crippen LogP contribution in [-0.2, 0) is 12.3 Å². The number of halogens is 2. The molecule has 1 saturated heterocycles. The minimum Gasteiger partial charge on any atom is -1.00 e. The molecule has 2 aromatic heterocycles. The Morgan fingerprint density at radius 3 is 2.59 bits per heavy atom. The Hall–Kier alpha value is -2.70. The molecule has 0 bridgehead atoms. The number of thioether (sulfide) groups is 1. The number of hydrogen-bond acceptors (Lipinski definition) is 8. The number of piperazine rings is 1. The van der Waals surface area contributed by atoms with Gasteiger partial charge in [0.15, 0.2) is 5.76 Å². The van der Waals surface area contributed by atoms with E-state index in [1.54, 1.807) is 31.0 Å². The summed E-state index contributed by atoms with van der Waals surface area (Å²) in [5.74, 6) is 5.41. The van der Waals surface area contributed by atoms with Crippen molar-refractivity contribution in [1.82, 2.24) is 4.98 Å². The molecule has 1 aliphatic rings. The fraction of sp³-hybridized carbons (Fsp3) is 0.423. The Morgan fingerprint density at radius 1 is 1.15 bits per heavy atom. The quantitative estimate of drug-likeness (QED) is 0.109. The maximum atomic E-state index is 11.6. The van der Waals surface area contributed by atoms with Gasteiger partial charge in [-0.1, -0.05) is 6.07 Å². The number of methoxy groups -OCH3 is 1. The summed E-state index contributed by atoms with van der Waals surface area (Å²) in [5, 5.41) is 14.8. The van der Waals surface area contributed by atoms with E-state index in [1.165, 1.54) is 15.5 Å². The van der Waals surface area contributed by atoms with Crippen LogP contribution in [0.5, 0.6) is 5.75 Å². The van der Waals surface area contributed by atoms with Gasteiger partial charge in [0.2, 0.25) is 5.82 Å². The van der Waals surface area contributed by atoms with Crippen molar-refractivity contribution in [2.45, 2.75) is 12.3 Å². The topological polar surface area (TPSA) is 103 Å². The van der Waals surface area contributed by atoms with Crippen LogP contribution in [0.3, 0.4) is 0 Å². The molecular formula is C26H36Cl2N6O4S. The molecule has 1 aliphatic heterocycles. The Bertz CT molecular complexity index is 1190. The lowest BCUT2D eigenvalue weighted by atomic mass is 10.2. The second-order valence-electron chi connectivity index (χ2n) is 9.35. The van der Waals surface area contributed by atoms with Crippen LogP contribution in [-0.4, -0.2) is 69.6 Å². The van der Waals surface area contributed by atoms with Crippen LogP contribution >= 0.6 is 11.8 Å². The number of hydrogen-bond donors (Lipinski definition) is 3. The van der Waals surface area contributed by atoms with Crippen molar-refractivity contribution < 1.29 is 48.7 Å². The number of aromatic nitrogens is 1. The van der Waals surface area contributed by atoms with Gasteiger partial charge in [-0.15, -0.1) is 0 Å². The van der Waals surface area contributed by atoms with E-state index in [9.17, 15) is 10.1 Å². The van der Waals surface area contributed by atoms with Gasteiger partial charge in [-0.3, -0.25) is 15.0 Å². The molecule has 1 aromatic carbocycles. The van der Waals surface area contributed by atoms with Crippen LogP contribution < -0.4 is 49.6 Å². The fourth-order valence-electron chi connectivity index (χ4n) is 4.39. The smallest absolute Gasteiger partial charge is 0.311 e. The standard InChI is InChI=1S/C26H34N6O4S.2ClH/c1-29(2)18-22-7-8-23(36-22)19-37-16-11-27-26-24(32(33)34)9-10-25(28-26)31-14-12-30(13-15-31)20-5-4-6-21(17-20)35-3;;/h4-10,17H,11-16,18-19H2,1-3H3,(H,27,28);2*1H. The zero-order chi connectivity index (χ0) is 26.2. The van der Waals surface area contributed by atoms with Crippen molar-refractivity contribution in [3.8, 4) is 5.75 Å². The Kier molecular flexibility index (Phi) is 13.2. The summed E-state index contributed by atoms with van der Waals surface area (Å²) in [6, 6.07) is 15.5. The molecule has 3 heterocycles. The Labute approximate surface area is 246 Å². The molecule has 0 radical (unpaired) electrons. The van der Waals surface area contributed by atoms with Crippen molar-refractivity contribution in [2.24, 2.45) is 0 Å². The fourth-order valence-corrected chi connectivity index (χ4v) is 5.14. The number of quaternary nitrogens is 2. The zero-order valence-corrected chi connectivity index (χ0v) is 24.7. The van der Waals surface area contributed by atoms with Gasteiger partial charge in [0, 0.05) is 24.4 Å². The molecule has 0 spiro atoms. The molecule has 39 heavy (non-hydrogen) atoms. The summed E-state index contributed by atoms with van der Waals surface area (Å²) in [6.07, 6.45) is 0. The van der Waals surface area contributed by atoms with Gasteiger partial charge in [0.05, 0.1) is 58.1 Å². The summed E-state index contributed by atoms with van der Waals surface area (Å²) >= 11 is 1.72. The maximum absolute atomic E-state index is 11.6. The van der Waals surface area contributed by atoms with Gasteiger partial charge in [-0.25, -0.2) is 4.98 Å². The zero-order valence-electron chi connectivity index (χ0n) is 22.4. The van der Waals surface area contributed by atoms with E-state index in [0.29, 0.717) is 12.4 Å². The third-order valence-electron chi connectivity index (χ3n) is 6.25. The summed E-state index contributed by atoms with van der Waals surface area (Å²) in [7, 11) is 5.86. The molecule has 13 heteroatoms. The average Bonchev–Trinajstić information content (AvgIpc) is 3.34. The molecule has 0 amide bonds. The first-order valence-electron chi connectivity index (χ1n) is 12.5. The van der Waals surface area contributed by atoms with Crippen LogP contribution in [0.1, 0.15) is 11.5 Å². The number of furan rings is 1. The number of nitro groups is 1. The van der Waals surface area contributed by atoms with Crippen LogP contribution in [0.4, 0.5) is 23.0 Å². The normalized spacial score (nSPS) is 13.5. The number of pyridine rings is 1. The van der Waals surface area contributed by atoms with E-state index < -0.39 is 0 Å². The predicted molar refractivity (Wildman–Crippen MR) is 146 cm³/mol. The summed E-state index contributed by atoms with van der Waals surface area (Å²) in [6.45, 7) is 4.88. The van der Waals surface area contributed by atoms with Gasteiger partial charge < -0.3 is 49.1 Å². The highest BCUT2D eigenvalue weighted by Gasteiger charge is 2.25. The van der Waals surface area contributed by atoms with Crippen molar-refractivity contribution in [1.29, 1.82) is 0 Å². The number of nitrogens with one attached hydrogen (secondary N) is 3. The second kappa shape index (κ2) is 15.8. The summed E-state index contributed by atoms with van der Waals surface area (Å²) in [4.78, 5) is 20.7. The van der Waals surface area contributed by atoms with Crippen molar-refractivity contribution in [3.63, 3.8) is 0 Å². The molecule has 0 saturated carbocycles. The lowest BCUT2D eigenvalue weighted by Crippen LogP contribution is -3.10. The van der Waals surface area contributed by atoms with E-state index >= 15 is 0 Å². The van der Waals surface area contributed by atoms with Gasteiger partial charge in [0.1, 0.15) is 29.6 Å². The Balaban J connectivity index is 0.00000267. The number of benzene rings is 1. The van der Waals surface area contributed by atoms with E-state index in [2.05, 4.69) is 41.4 Å². The first-order chi connectivity index (χ1) is 17.9. The third-order valence-corrected chi connectivity index (χ3v) is 7.23. The van der Waals surface area contributed by atoms with Crippen LogP contribution in [0, 0.1) is 10.1 Å².